The highest BCUT2D eigenvalue weighted by Crippen LogP contribution is 2.22. The zero-order valence-electron chi connectivity index (χ0n) is 16.2. The average Bonchev–Trinajstić information content (AvgIpc) is 3.09. The maximum absolute atomic E-state index is 13.3. The van der Waals surface area contributed by atoms with Gasteiger partial charge in [0.1, 0.15) is 11.8 Å². The van der Waals surface area contributed by atoms with Crippen LogP contribution in [0.3, 0.4) is 0 Å². The molecule has 28 heavy (non-hydrogen) atoms. The summed E-state index contributed by atoms with van der Waals surface area (Å²) in [5.41, 5.74) is 0. The Labute approximate surface area is 167 Å². The van der Waals surface area contributed by atoms with Crippen molar-refractivity contribution >= 4 is 15.9 Å². The third-order valence-electron chi connectivity index (χ3n) is 5.25. The zero-order valence-corrected chi connectivity index (χ0v) is 17.0. The molecule has 1 atom stereocenters. The first-order valence-corrected chi connectivity index (χ1v) is 11.3. The quantitative estimate of drug-likeness (QED) is 0.714. The largest absolute Gasteiger partial charge is 0.468 e. The second-order valence-electron chi connectivity index (χ2n) is 7.32. The number of nitrogens with one attached hydrogen (secondary N) is 1. The Kier molecular flexibility index (Phi) is 6.91. The number of benzene rings is 1. The number of hydrogen-bond donors (Lipinski definition) is 1. The Bertz CT molecular complexity index is 842. The standard InChI is InChI=1S/C21H28N2O4S/c1-17(21(24)22-18-10-5-2-3-6-11-18)23(16-19-12-9-15-27-19)28(25,26)20-13-7-4-8-14-20/h4,7-9,12-15,17-18H,2-3,5-6,10-11,16H2,1H3,(H,22,24). The lowest BCUT2D eigenvalue weighted by Crippen LogP contribution is -2.49. The van der Waals surface area contributed by atoms with E-state index in [2.05, 4.69) is 5.32 Å². The Morgan fingerprint density at radius 2 is 1.79 bits per heavy atom. The van der Waals surface area contributed by atoms with Crippen molar-refractivity contribution in [2.45, 2.75) is 69.0 Å². The van der Waals surface area contributed by atoms with Gasteiger partial charge in [-0.1, -0.05) is 43.9 Å². The van der Waals surface area contributed by atoms with E-state index >= 15 is 0 Å². The van der Waals surface area contributed by atoms with Crippen molar-refractivity contribution in [3.8, 4) is 0 Å². The van der Waals surface area contributed by atoms with Crippen LogP contribution in [0.25, 0.3) is 0 Å². The second-order valence-corrected chi connectivity index (χ2v) is 9.21. The van der Waals surface area contributed by atoms with Crippen LogP contribution >= 0.6 is 0 Å². The lowest BCUT2D eigenvalue weighted by Gasteiger charge is -2.28. The van der Waals surface area contributed by atoms with Crippen LogP contribution in [0, 0.1) is 0 Å². The highest BCUT2D eigenvalue weighted by molar-refractivity contribution is 7.89. The molecule has 3 rings (SSSR count). The average molecular weight is 405 g/mol. The molecule has 1 unspecified atom stereocenters. The maximum atomic E-state index is 13.3. The third kappa shape index (κ3) is 5.02. The molecule has 1 aromatic heterocycles. The topological polar surface area (TPSA) is 79.6 Å². The number of amides is 1. The minimum Gasteiger partial charge on any atom is -0.468 e. The fraction of sp³-hybridized carbons (Fsp3) is 0.476. The fourth-order valence-corrected chi connectivity index (χ4v) is 5.17. The van der Waals surface area contributed by atoms with Crippen molar-refractivity contribution in [3.63, 3.8) is 0 Å². The zero-order chi connectivity index (χ0) is 20.0. The van der Waals surface area contributed by atoms with Crippen molar-refractivity contribution in [1.82, 2.24) is 9.62 Å². The van der Waals surface area contributed by atoms with E-state index in [1.807, 2.05) is 0 Å². The van der Waals surface area contributed by atoms with Gasteiger partial charge in [0.05, 0.1) is 17.7 Å². The van der Waals surface area contributed by atoms with E-state index in [9.17, 15) is 13.2 Å². The van der Waals surface area contributed by atoms with Crippen LogP contribution in [0.15, 0.2) is 58.0 Å². The fourth-order valence-electron chi connectivity index (χ4n) is 3.59. The Morgan fingerprint density at radius 1 is 1.11 bits per heavy atom. The van der Waals surface area contributed by atoms with Gasteiger partial charge in [-0.2, -0.15) is 4.31 Å². The monoisotopic (exact) mass is 404 g/mol. The molecule has 0 aliphatic heterocycles. The van der Waals surface area contributed by atoms with Crippen LogP contribution in [-0.2, 0) is 21.4 Å². The second kappa shape index (κ2) is 9.39. The predicted octanol–water partition coefficient (Wildman–Crippen LogP) is 3.70. The SMILES string of the molecule is CC(C(=O)NC1CCCCCC1)N(Cc1ccco1)S(=O)(=O)c1ccccc1. The summed E-state index contributed by atoms with van der Waals surface area (Å²) in [6.07, 6.45) is 7.96. The molecule has 6 nitrogen and oxygen atoms in total. The summed E-state index contributed by atoms with van der Waals surface area (Å²) in [7, 11) is -3.86. The van der Waals surface area contributed by atoms with Gasteiger partial charge in [0.15, 0.2) is 0 Å². The molecule has 1 N–H and O–H groups in total. The minimum atomic E-state index is -3.86. The van der Waals surface area contributed by atoms with Gasteiger partial charge in [0.25, 0.3) is 0 Å². The van der Waals surface area contributed by atoms with Gasteiger partial charge in [-0.15, -0.1) is 0 Å². The maximum Gasteiger partial charge on any atom is 0.244 e. The molecule has 152 valence electrons. The third-order valence-corrected chi connectivity index (χ3v) is 7.19. The molecular formula is C21H28N2O4S. The van der Waals surface area contributed by atoms with Crippen LogP contribution in [0.1, 0.15) is 51.2 Å². The number of furan rings is 1. The molecule has 1 heterocycles. The molecule has 0 bridgehead atoms. The van der Waals surface area contributed by atoms with E-state index in [-0.39, 0.29) is 23.4 Å². The van der Waals surface area contributed by atoms with Crippen LogP contribution in [0.4, 0.5) is 0 Å². The first kappa shape index (κ1) is 20.6. The molecule has 1 aliphatic rings. The number of rotatable bonds is 7. The van der Waals surface area contributed by atoms with E-state index < -0.39 is 16.1 Å². The molecule has 0 saturated heterocycles. The molecule has 2 aromatic rings. The smallest absolute Gasteiger partial charge is 0.244 e. The Morgan fingerprint density at radius 3 is 2.39 bits per heavy atom. The van der Waals surface area contributed by atoms with Crippen LogP contribution in [0.2, 0.25) is 0 Å². The molecule has 1 fully saturated rings. The summed E-state index contributed by atoms with van der Waals surface area (Å²) >= 11 is 0. The van der Waals surface area contributed by atoms with Crippen molar-refractivity contribution in [2.24, 2.45) is 0 Å². The molecular weight excluding hydrogens is 376 g/mol. The summed E-state index contributed by atoms with van der Waals surface area (Å²) in [6, 6.07) is 10.9. The number of carbonyl (C=O) groups excluding carboxylic acids is 1. The van der Waals surface area contributed by atoms with Gasteiger partial charge in [-0.25, -0.2) is 8.42 Å². The molecule has 0 radical (unpaired) electrons. The molecule has 1 aliphatic carbocycles. The van der Waals surface area contributed by atoms with Gasteiger partial charge in [-0.3, -0.25) is 4.79 Å². The number of carbonyl (C=O) groups is 1. The number of sulfonamides is 1. The van der Waals surface area contributed by atoms with Crippen LogP contribution < -0.4 is 5.32 Å². The van der Waals surface area contributed by atoms with Gasteiger partial charge in [0, 0.05) is 6.04 Å². The summed E-state index contributed by atoms with van der Waals surface area (Å²) in [6.45, 7) is 1.64. The summed E-state index contributed by atoms with van der Waals surface area (Å²) in [5.74, 6) is 0.228. The number of nitrogens with zero attached hydrogens (tertiary/aromatic N) is 1. The predicted molar refractivity (Wildman–Crippen MR) is 107 cm³/mol. The number of hydrogen-bond acceptors (Lipinski definition) is 4. The Balaban J connectivity index is 1.82. The lowest BCUT2D eigenvalue weighted by molar-refractivity contribution is -0.125. The highest BCUT2D eigenvalue weighted by Gasteiger charge is 2.34. The lowest BCUT2D eigenvalue weighted by atomic mass is 10.1. The van der Waals surface area contributed by atoms with E-state index in [1.165, 1.54) is 23.4 Å². The Hall–Kier alpha value is -2.12. The minimum absolute atomic E-state index is 0.00345. The molecule has 1 saturated carbocycles. The van der Waals surface area contributed by atoms with E-state index in [0.717, 1.165) is 25.7 Å². The van der Waals surface area contributed by atoms with Gasteiger partial charge in [-0.05, 0) is 44.0 Å². The van der Waals surface area contributed by atoms with Crippen LogP contribution in [-0.4, -0.2) is 30.7 Å². The van der Waals surface area contributed by atoms with E-state index in [1.54, 1.807) is 49.4 Å². The summed E-state index contributed by atoms with van der Waals surface area (Å²) < 4.78 is 33.1. The van der Waals surface area contributed by atoms with Crippen molar-refractivity contribution in [1.29, 1.82) is 0 Å². The normalized spacial score (nSPS) is 17.2. The van der Waals surface area contributed by atoms with Crippen molar-refractivity contribution in [2.75, 3.05) is 0 Å². The molecule has 1 amide bonds. The molecule has 1 aromatic carbocycles. The first-order valence-electron chi connectivity index (χ1n) is 9.88. The van der Waals surface area contributed by atoms with E-state index in [4.69, 9.17) is 4.42 Å². The van der Waals surface area contributed by atoms with E-state index in [0.29, 0.717) is 5.76 Å². The van der Waals surface area contributed by atoms with Crippen molar-refractivity contribution < 1.29 is 17.6 Å². The first-order chi connectivity index (χ1) is 13.5. The van der Waals surface area contributed by atoms with Gasteiger partial charge >= 0.3 is 0 Å². The highest BCUT2D eigenvalue weighted by atomic mass is 32.2. The van der Waals surface area contributed by atoms with Gasteiger partial charge < -0.3 is 9.73 Å². The summed E-state index contributed by atoms with van der Waals surface area (Å²) in [5, 5.41) is 3.07. The molecule has 0 spiro atoms. The van der Waals surface area contributed by atoms with Crippen LogP contribution in [0.5, 0.6) is 0 Å². The summed E-state index contributed by atoms with van der Waals surface area (Å²) in [4.78, 5) is 13.1. The van der Waals surface area contributed by atoms with Gasteiger partial charge in [0.2, 0.25) is 15.9 Å². The molecule has 7 heteroatoms. The van der Waals surface area contributed by atoms with Crippen molar-refractivity contribution in [3.05, 3.63) is 54.5 Å².